The standard InChI is InChI=1S/C44H52N2O4S/c1-30(31-11-6-4-7-12-31)45-39(49)46(25-19-34-15-10-26-51-34)29-43(50)22-18-37-41(43,3)21-17-36-40(2)20-16-33(47)27-42(40)23-24-44(36,37)35(28-42)38(48)32-13-8-5-9-14-32/h4-15,23-24,26,28,30,33,36-37,47,50H,16-22,25,27,29H2,1-3H3,(H,45,49). The van der Waals surface area contributed by atoms with Crippen LogP contribution in [0.15, 0.2) is 102 Å². The zero-order valence-electron chi connectivity index (χ0n) is 30.2. The first-order valence-corrected chi connectivity index (χ1v) is 19.9. The van der Waals surface area contributed by atoms with Crippen molar-refractivity contribution in [2.45, 2.75) is 89.9 Å². The van der Waals surface area contributed by atoms with Crippen LogP contribution in [0.25, 0.3) is 0 Å². The molecule has 6 nitrogen and oxygen atoms in total. The minimum Gasteiger partial charge on any atom is -0.393 e. The lowest BCUT2D eigenvalue weighted by molar-refractivity contribution is -0.174. The highest BCUT2D eigenvalue weighted by atomic mass is 32.1. The molecule has 9 atom stereocenters. The Morgan fingerprint density at radius 3 is 2.31 bits per heavy atom. The fourth-order valence-electron chi connectivity index (χ4n) is 11.7. The van der Waals surface area contributed by atoms with E-state index in [1.807, 2.05) is 78.6 Å². The molecule has 0 radical (unpaired) electrons. The molecular formula is C44H52N2O4S. The van der Waals surface area contributed by atoms with Gasteiger partial charge in [-0.2, -0.15) is 0 Å². The van der Waals surface area contributed by atoms with Crippen LogP contribution in [0.1, 0.15) is 92.6 Å². The number of aliphatic hydroxyl groups is 2. The van der Waals surface area contributed by atoms with E-state index in [1.54, 1.807) is 11.3 Å². The molecular weight excluding hydrogens is 653 g/mol. The Morgan fingerprint density at radius 1 is 0.902 bits per heavy atom. The van der Waals surface area contributed by atoms with Crippen molar-refractivity contribution in [2.24, 2.45) is 33.5 Å². The summed E-state index contributed by atoms with van der Waals surface area (Å²) in [4.78, 5) is 32.0. The van der Waals surface area contributed by atoms with Crippen LogP contribution in [0.3, 0.4) is 0 Å². The molecule has 2 bridgehead atoms. The smallest absolute Gasteiger partial charge is 0.317 e. The molecule has 1 aromatic heterocycles. The number of Topliss-reactive ketones (excluding diaryl/α,β-unsaturated/α-hetero) is 1. The molecule has 2 spiro atoms. The fourth-order valence-corrected chi connectivity index (χ4v) is 12.4. The minimum atomic E-state index is -1.13. The summed E-state index contributed by atoms with van der Waals surface area (Å²) in [5, 5.41) is 29.4. The highest BCUT2D eigenvalue weighted by Gasteiger charge is 2.74. The van der Waals surface area contributed by atoms with E-state index in [2.05, 4.69) is 48.8 Å². The van der Waals surface area contributed by atoms with Gasteiger partial charge in [0.1, 0.15) is 0 Å². The van der Waals surface area contributed by atoms with Gasteiger partial charge in [0.15, 0.2) is 5.78 Å². The van der Waals surface area contributed by atoms with Crippen LogP contribution in [0.5, 0.6) is 0 Å². The normalized spacial score (nSPS) is 36.7. The summed E-state index contributed by atoms with van der Waals surface area (Å²) in [6, 6.07) is 23.5. The molecule has 3 N–H and O–H groups in total. The number of ketones is 1. The van der Waals surface area contributed by atoms with E-state index >= 15 is 0 Å². The average Bonchev–Trinajstić information content (AvgIpc) is 3.76. The molecule has 1 heterocycles. The monoisotopic (exact) mass is 704 g/mol. The molecule has 9 unspecified atom stereocenters. The van der Waals surface area contributed by atoms with Gasteiger partial charge < -0.3 is 20.4 Å². The molecule has 0 saturated heterocycles. The number of amides is 2. The van der Waals surface area contributed by atoms with Gasteiger partial charge in [-0.3, -0.25) is 4.79 Å². The molecule has 6 aliphatic rings. The summed E-state index contributed by atoms with van der Waals surface area (Å²) < 4.78 is 0. The van der Waals surface area contributed by atoms with Crippen LogP contribution in [-0.2, 0) is 6.42 Å². The number of aliphatic hydroxyl groups excluding tert-OH is 1. The van der Waals surface area contributed by atoms with Crippen LogP contribution in [0.2, 0.25) is 0 Å². The second-order valence-electron chi connectivity index (χ2n) is 16.8. The molecule has 0 aliphatic heterocycles. The third kappa shape index (κ3) is 5.24. The lowest BCUT2D eigenvalue weighted by Crippen LogP contribution is -2.67. The molecule has 3 saturated carbocycles. The maximum atomic E-state index is 14.7. The number of allylic oxidation sites excluding steroid dienone is 4. The fraction of sp³-hybridized carbons (Fsp3) is 0.500. The highest BCUT2D eigenvalue weighted by molar-refractivity contribution is 7.09. The zero-order chi connectivity index (χ0) is 35.6. The number of nitrogens with one attached hydrogen (secondary N) is 1. The number of rotatable bonds is 9. The van der Waals surface area contributed by atoms with Crippen molar-refractivity contribution in [1.29, 1.82) is 0 Å². The van der Waals surface area contributed by atoms with Crippen LogP contribution >= 0.6 is 11.3 Å². The summed E-state index contributed by atoms with van der Waals surface area (Å²) >= 11 is 1.69. The molecule has 51 heavy (non-hydrogen) atoms. The van der Waals surface area contributed by atoms with Crippen molar-refractivity contribution < 1.29 is 19.8 Å². The molecule has 3 aromatic rings. The molecule has 6 aliphatic carbocycles. The van der Waals surface area contributed by atoms with Crippen molar-refractivity contribution in [1.82, 2.24) is 10.2 Å². The van der Waals surface area contributed by atoms with Gasteiger partial charge in [0.05, 0.1) is 24.3 Å². The Hall–Kier alpha value is -3.52. The maximum absolute atomic E-state index is 14.7. The lowest BCUT2D eigenvalue weighted by Gasteiger charge is -2.71. The third-order valence-corrected chi connectivity index (χ3v) is 15.5. The van der Waals surface area contributed by atoms with Gasteiger partial charge in [-0.1, -0.05) is 98.8 Å². The van der Waals surface area contributed by atoms with Crippen LogP contribution in [-0.4, -0.2) is 51.7 Å². The van der Waals surface area contributed by atoms with E-state index in [0.29, 0.717) is 24.9 Å². The third-order valence-electron chi connectivity index (χ3n) is 14.6. The molecule has 2 amide bonds. The Morgan fingerprint density at radius 2 is 1.59 bits per heavy atom. The first-order chi connectivity index (χ1) is 24.4. The van der Waals surface area contributed by atoms with Crippen molar-refractivity contribution in [3.63, 3.8) is 0 Å². The predicted octanol–water partition coefficient (Wildman–Crippen LogP) is 8.54. The number of hydrogen-bond donors (Lipinski definition) is 3. The molecule has 268 valence electrons. The summed E-state index contributed by atoms with van der Waals surface area (Å²) in [6.07, 6.45) is 12.7. The van der Waals surface area contributed by atoms with Crippen molar-refractivity contribution >= 4 is 23.2 Å². The summed E-state index contributed by atoms with van der Waals surface area (Å²) in [6.45, 7) is 7.41. The number of benzene rings is 2. The van der Waals surface area contributed by atoms with Crippen molar-refractivity contribution in [2.75, 3.05) is 13.1 Å². The minimum absolute atomic E-state index is 0.0244. The second-order valence-corrected chi connectivity index (χ2v) is 17.9. The van der Waals surface area contributed by atoms with Gasteiger partial charge in [-0.05, 0) is 92.6 Å². The Balaban J connectivity index is 1.16. The number of thiophene rings is 1. The summed E-state index contributed by atoms with van der Waals surface area (Å²) in [7, 11) is 0. The van der Waals surface area contributed by atoms with Crippen molar-refractivity contribution in [3.05, 3.63) is 118 Å². The molecule has 9 rings (SSSR count). The van der Waals surface area contributed by atoms with E-state index in [9.17, 15) is 19.8 Å². The molecule has 3 fully saturated rings. The number of urea groups is 1. The summed E-state index contributed by atoms with van der Waals surface area (Å²) in [5.41, 5.74) is -0.0712. The number of nitrogens with zero attached hydrogens (tertiary/aromatic N) is 1. The van der Waals surface area contributed by atoms with Gasteiger partial charge in [0, 0.05) is 38.8 Å². The number of fused-ring (bicyclic) bond motifs is 1. The van der Waals surface area contributed by atoms with Gasteiger partial charge in [0.2, 0.25) is 0 Å². The van der Waals surface area contributed by atoms with Gasteiger partial charge in [0.25, 0.3) is 0 Å². The average molecular weight is 705 g/mol. The maximum Gasteiger partial charge on any atom is 0.317 e. The first-order valence-electron chi connectivity index (χ1n) is 19.0. The number of carbonyl (C=O) groups is 2. The van der Waals surface area contributed by atoms with Crippen LogP contribution < -0.4 is 5.32 Å². The van der Waals surface area contributed by atoms with E-state index in [1.165, 1.54) is 4.88 Å². The first kappa shape index (κ1) is 34.6. The van der Waals surface area contributed by atoms with E-state index < -0.39 is 16.4 Å². The highest BCUT2D eigenvalue weighted by Crippen LogP contribution is 2.78. The van der Waals surface area contributed by atoms with Crippen LogP contribution in [0, 0.1) is 33.5 Å². The molecule has 2 aromatic carbocycles. The van der Waals surface area contributed by atoms with Gasteiger partial charge in [-0.25, -0.2) is 4.79 Å². The van der Waals surface area contributed by atoms with Crippen molar-refractivity contribution in [3.8, 4) is 0 Å². The zero-order valence-corrected chi connectivity index (χ0v) is 31.0. The number of carbonyl (C=O) groups excluding carboxylic acids is 2. The Labute approximate surface area is 306 Å². The Kier molecular flexibility index (Phi) is 8.51. The quantitative estimate of drug-likeness (QED) is 0.154. The second kappa shape index (κ2) is 12.6. The SMILES string of the molecule is CC(NC(=O)N(CCc1cccs1)CC1(O)CCC2C34C=CC5(C=C3C(=O)c3ccccc3)CC(O)CCC5(C)C4CCC21C)c1ccccc1. The molecule has 7 heteroatoms. The largest absolute Gasteiger partial charge is 0.393 e. The Bertz CT molecular complexity index is 1840. The van der Waals surface area contributed by atoms with Gasteiger partial charge >= 0.3 is 6.03 Å². The topological polar surface area (TPSA) is 89.9 Å². The predicted molar refractivity (Wildman–Crippen MR) is 202 cm³/mol. The van der Waals surface area contributed by atoms with Gasteiger partial charge in [-0.15, -0.1) is 11.3 Å². The van der Waals surface area contributed by atoms with E-state index in [0.717, 1.165) is 49.7 Å². The van der Waals surface area contributed by atoms with Crippen LogP contribution in [0.4, 0.5) is 4.79 Å². The van der Waals surface area contributed by atoms with E-state index in [4.69, 9.17) is 0 Å². The van der Waals surface area contributed by atoms with E-state index in [-0.39, 0.29) is 53.2 Å². The number of hydrogen-bond acceptors (Lipinski definition) is 5. The summed E-state index contributed by atoms with van der Waals surface area (Å²) in [5.74, 6) is 0.315. The lowest BCUT2D eigenvalue weighted by atomic mass is 9.32.